The van der Waals surface area contributed by atoms with Gasteiger partial charge in [-0.1, -0.05) is 41.7 Å². The SMILES string of the molecule is CC(C)n1c(C(F)(F)F)nc2sc(C3CCCN3C(=O)Cc3ccccc3)nc2c1=O. The number of halogens is 3. The van der Waals surface area contributed by atoms with Crippen LogP contribution in [0, 0.1) is 0 Å². The second-order valence-corrected chi connectivity index (χ2v) is 8.82. The third-order valence-corrected chi connectivity index (χ3v) is 6.36. The molecule has 0 N–H and O–H groups in total. The molecule has 0 saturated carbocycles. The Bertz CT molecular complexity index is 1170. The van der Waals surface area contributed by atoms with Crippen LogP contribution in [0.3, 0.4) is 0 Å². The lowest BCUT2D eigenvalue weighted by atomic mass is 10.1. The number of hydrogen-bond donors (Lipinski definition) is 0. The summed E-state index contributed by atoms with van der Waals surface area (Å²) in [5, 5.41) is 0.452. The first-order valence-electron chi connectivity index (χ1n) is 10.0. The maximum atomic E-state index is 13.5. The summed E-state index contributed by atoms with van der Waals surface area (Å²) in [5.74, 6) is -1.30. The number of carbonyl (C=O) groups is 1. The maximum absolute atomic E-state index is 13.5. The number of thiazole rings is 1. The van der Waals surface area contributed by atoms with Crippen molar-refractivity contribution in [2.75, 3.05) is 6.54 Å². The fourth-order valence-electron chi connectivity index (χ4n) is 3.92. The van der Waals surface area contributed by atoms with Gasteiger partial charge in [0.2, 0.25) is 11.7 Å². The summed E-state index contributed by atoms with van der Waals surface area (Å²) >= 11 is 0.957. The van der Waals surface area contributed by atoms with Crippen molar-refractivity contribution >= 4 is 27.6 Å². The first-order chi connectivity index (χ1) is 14.7. The number of amides is 1. The summed E-state index contributed by atoms with van der Waals surface area (Å²) in [4.78, 5) is 35.5. The van der Waals surface area contributed by atoms with Crippen LogP contribution < -0.4 is 5.56 Å². The first-order valence-corrected chi connectivity index (χ1v) is 10.8. The number of rotatable bonds is 4. The second kappa shape index (κ2) is 8.07. The van der Waals surface area contributed by atoms with Gasteiger partial charge in [0.1, 0.15) is 5.01 Å². The minimum atomic E-state index is -4.76. The zero-order valence-electron chi connectivity index (χ0n) is 17.0. The molecule has 3 heterocycles. The highest BCUT2D eigenvalue weighted by Gasteiger charge is 2.39. The maximum Gasteiger partial charge on any atom is 0.449 e. The Morgan fingerprint density at radius 3 is 2.58 bits per heavy atom. The van der Waals surface area contributed by atoms with E-state index in [0.717, 1.165) is 23.3 Å². The van der Waals surface area contributed by atoms with Crippen LogP contribution in [0.25, 0.3) is 10.3 Å². The van der Waals surface area contributed by atoms with Crippen LogP contribution in [0.15, 0.2) is 35.1 Å². The van der Waals surface area contributed by atoms with Gasteiger partial charge >= 0.3 is 6.18 Å². The van der Waals surface area contributed by atoms with E-state index in [1.165, 1.54) is 13.8 Å². The first kappa shape index (κ1) is 21.5. The largest absolute Gasteiger partial charge is 0.449 e. The number of aromatic nitrogens is 3. The van der Waals surface area contributed by atoms with Crippen molar-refractivity contribution in [2.24, 2.45) is 0 Å². The summed E-state index contributed by atoms with van der Waals surface area (Å²) in [5.41, 5.74) is -0.00204. The fraction of sp³-hybridized carbons (Fsp3) is 0.429. The highest BCUT2D eigenvalue weighted by Crippen LogP contribution is 2.37. The average Bonchev–Trinajstić information content (AvgIpc) is 3.34. The van der Waals surface area contributed by atoms with E-state index in [0.29, 0.717) is 22.5 Å². The number of fused-ring (bicyclic) bond motifs is 1. The van der Waals surface area contributed by atoms with Gasteiger partial charge < -0.3 is 4.90 Å². The molecule has 6 nitrogen and oxygen atoms in total. The van der Waals surface area contributed by atoms with Gasteiger partial charge in [-0.2, -0.15) is 13.2 Å². The molecule has 0 spiro atoms. The van der Waals surface area contributed by atoms with Gasteiger partial charge in [0.05, 0.1) is 12.5 Å². The normalized spacial score (nSPS) is 17.1. The number of alkyl halides is 3. The van der Waals surface area contributed by atoms with E-state index in [-0.39, 0.29) is 28.7 Å². The number of carbonyl (C=O) groups excluding carboxylic acids is 1. The van der Waals surface area contributed by atoms with Crippen LogP contribution >= 0.6 is 11.3 Å². The molecule has 4 rings (SSSR count). The molecule has 0 bridgehead atoms. The van der Waals surface area contributed by atoms with Gasteiger partial charge in [0, 0.05) is 12.6 Å². The third kappa shape index (κ3) is 4.08. The van der Waals surface area contributed by atoms with E-state index in [1.54, 1.807) is 4.90 Å². The molecule has 0 radical (unpaired) electrons. The summed E-state index contributed by atoms with van der Waals surface area (Å²) in [6.07, 6.45) is -3.12. The van der Waals surface area contributed by atoms with E-state index in [9.17, 15) is 22.8 Å². The molecule has 0 aliphatic carbocycles. The smallest absolute Gasteiger partial charge is 0.333 e. The Morgan fingerprint density at radius 2 is 1.94 bits per heavy atom. The van der Waals surface area contributed by atoms with E-state index in [4.69, 9.17) is 0 Å². The standard InChI is InChI=1S/C21H21F3N4O2S/c1-12(2)28-19(30)16-18(26-20(28)21(22,23)24)31-17(25-16)14-9-6-10-27(14)15(29)11-13-7-4-3-5-8-13/h3-5,7-8,12,14H,6,9-11H2,1-2H3. The third-order valence-electron chi connectivity index (χ3n) is 5.31. The minimum Gasteiger partial charge on any atom is -0.333 e. The molecule has 1 aromatic carbocycles. The summed E-state index contributed by atoms with van der Waals surface area (Å²) in [7, 11) is 0. The van der Waals surface area contributed by atoms with Crippen molar-refractivity contribution < 1.29 is 18.0 Å². The molecule has 1 saturated heterocycles. The van der Waals surface area contributed by atoms with Crippen LogP contribution in [0.5, 0.6) is 0 Å². The summed E-state index contributed by atoms with van der Waals surface area (Å²) < 4.78 is 41.2. The number of nitrogens with zero attached hydrogens (tertiary/aromatic N) is 4. The zero-order chi connectivity index (χ0) is 22.3. The lowest BCUT2D eigenvalue weighted by Gasteiger charge is -2.23. The zero-order valence-corrected chi connectivity index (χ0v) is 17.8. The van der Waals surface area contributed by atoms with Crippen molar-refractivity contribution in [1.82, 2.24) is 19.4 Å². The number of benzene rings is 1. The monoisotopic (exact) mass is 450 g/mol. The van der Waals surface area contributed by atoms with Crippen LogP contribution in [0.4, 0.5) is 13.2 Å². The molecule has 1 aliphatic heterocycles. The lowest BCUT2D eigenvalue weighted by molar-refractivity contribution is -0.148. The van der Waals surface area contributed by atoms with E-state index in [2.05, 4.69) is 9.97 Å². The molecule has 1 aliphatic rings. The van der Waals surface area contributed by atoms with Crippen molar-refractivity contribution in [3.8, 4) is 0 Å². The van der Waals surface area contributed by atoms with Crippen molar-refractivity contribution in [1.29, 1.82) is 0 Å². The van der Waals surface area contributed by atoms with E-state index in [1.807, 2.05) is 30.3 Å². The van der Waals surface area contributed by atoms with Crippen LogP contribution in [0.1, 0.15) is 55.2 Å². The Kier molecular flexibility index (Phi) is 5.59. The molecule has 2 aromatic heterocycles. The van der Waals surface area contributed by atoms with Crippen molar-refractivity contribution in [2.45, 2.75) is 51.4 Å². The van der Waals surface area contributed by atoms with Crippen molar-refractivity contribution in [3.63, 3.8) is 0 Å². The summed E-state index contributed by atoms with van der Waals surface area (Å²) in [6.45, 7) is 3.54. The molecule has 31 heavy (non-hydrogen) atoms. The number of hydrogen-bond acceptors (Lipinski definition) is 5. The Labute approximate surface area is 180 Å². The van der Waals surface area contributed by atoms with Gasteiger partial charge in [-0.25, -0.2) is 9.97 Å². The molecule has 3 aromatic rings. The molecule has 1 unspecified atom stereocenters. The Balaban J connectivity index is 1.71. The van der Waals surface area contributed by atoms with Gasteiger partial charge in [-0.15, -0.1) is 0 Å². The molecular weight excluding hydrogens is 429 g/mol. The molecule has 1 fully saturated rings. The van der Waals surface area contributed by atoms with Crippen LogP contribution in [-0.4, -0.2) is 31.9 Å². The Morgan fingerprint density at radius 1 is 1.23 bits per heavy atom. The van der Waals surface area contributed by atoms with Gasteiger partial charge in [-0.05, 0) is 32.3 Å². The molecular formula is C21H21F3N4O2S. The van der Waals surface area contributed by atoms with Gasteiger partial charge in [-0.3, -0.25) is 14.2 Å². The van der Waals surface area contributed by atoms with Crippen LogP contribution in [0.2, 0.25) is 0 Å². The second-order valence-electron chi connectivity index (χ2n) is 7.82. The molecule has 1 atom stereocenters. The quantitative estimate of drug-likeness (QED) is 0.592. The van der Waals surface area contributed by atoms with Crippen LogP contribution in [-0.2, 0) is 17.4 Å². The van der Waals surface area contributed by atoms with Gasteiger partial charge in [0.25, 0.3) is 5.56 Å². The lowest BCUT2D eigenvalue weighted by Crippen LogP contribution is -2.32. The summed E-state index contributed by atoms with van der Waals surface area (Å²) in [6, 6.07) is 8.26. The predicted octanol–water partition coefficient (Wildman–Crippen LogP) is 4.36. The highest BCUT2D eigenvalue weighted by molar-refractivity contribution is 7.18. The average molecular weight is 450 g/mol. The van der Waals surface area contributed by atoms with E-state index < -0.39 is 23.6 Å². The molecule has 1 amide bonds. The highest BCUT2D eigenvalue weighted by atomic mass is 32.1. The number of likely N-dealkylation sites (tertiary alicyclic amines) is 1. The Hall–Kier alpha value is -2.75. The molecule has 164 valence electrons. The van der Waals surface area contributed by atoms with E-state index >= 15 is 0 Å². The predicted molar refractivity (Wildman–Crippen MR) is 111 cm³/mol. The fourth-order valence-corrected chi connectivity index (χ4v) is 5.00. The minimum absolute atomic E-state index is 0.0495. The van der Waals surface area contributed by atoms with Crippen molar-refractivity contribution in [3.05, 3.63) is 57.1 Å². The topological polar surface area (TPSA) is 68.1 Å². The van der Waals surface area contributed by atoms with Gasteiger partial charge in [0.15, 0.2) is 10.3 Å². The molecule has 10 heteroatoms.